The highest BCUT2D eigenvalue weighted by Gasteiger charge is 2.28. The van der Waals surface area contributed by atoms with E-state index in [4.69, 9.17) is 17.0 Å². The van der Waals surface area contributed by atoms with Gasteiger partial charge in [-0.05, 0) is 42.9 Å². The molecular formula is C11H12BrNO3S2. The summed E-state index contributed by atoms with van der Waals surface area (Å²) in [7, 11) is -2.90. The zero-order chi connectivity index (χ0) is 13.2. The summed E-state index contributed by atoms with van der Waals surface area (Å²) in [5.41, 5.74) is 0. The molecule has 1 atom stereocenters. The summed E-state index contributed by atoms with van der Waals surface area (Å²) in [6.45, 7) is 0. The van der Waals surface area contributed by atoms with Crippen LogP contribution >= 0.6 is 28.1 Å². The number of benzene rings is 1. The zero-order valence-electron chi connectivity index (χ0n) is 9.43. The molecule has 98 valence electrons. The van der Waals surface area contributed by atoms with Crippen molar-refractivity contribution in [3.05, 3.63) is 28.7 Å². The predicted octanol–water partition coefficient (Wildman–Crippen LogP) is 1.89. The first-order chi connectivity index (χ1) is 8.44. The van der Waals surface area contributed by atoms with Crippen LogP contribution in [-0.2, 0) is 9.84 Å². The average molecular weight is 350 g/mol. The molecule has 1 fully saturated rings. The van der Waals surface area contributed by atoms with Gasteiger partial charge in [0.05, 0.1) is 11.5 Å². The molecule has 1 N–H and O–H groups in total. The van der Waals surface area contributed by atoms with Crippen LogP contribution in [0.1, 0.15) is 6.42 Å². The molecule has 0 spiro atoms. The molecule has 0 bridgehead atoms. The Hall–Kier alpha value is -0.660. The lowest BCUT2D eigenvalue weighted by Gasteiger charge is -2.13. The van der Waals surface area contributed by atoms with Gasteiger partial charge in [0, 0.05) is 10.5 Å². The lowest BCUT2D eigenvalue weighted by molar-refractivity contribution is 0.509. The van der Waals surface area contributed by atoms with Gasteiger partial charge in [-0.15, -0.1) is 0 Å². The van der Waals surface area contributed by atoms with Crippen LogP contribution in [0.5, 0.6) is 5.75 Å². The van der Waals surface area contributed by atoms with Crippen molar-refractivity contribution in [2.75, 3.05) is 11.5 Å². The Bertz CT molecular complexity index is 542. The lowest BCUT2D eigenvalue weighted by Crippen LogP contribution is -2.37. The van der Waals surface area contributed by atoms with Crippen LogP contribution in [0.15, 0.2) is 28.7 Å². The molecule has 7 heteroatoms. The quantitative estimate of drug-likeness (QED) is 0.826. The Balaban J connectivity index is 1.88. The minimum atomic E-state index is -2.90. The number of rotatable bonds is 2. The van der Waals surface area contributed by atoms with Crippen LogP contribution in [0.25, 0.3) is 0 Å². The second-order valence-corrected chi connectivity index (χ2v) is 7.60. The standard InChI is InChI=1S/C11H12BrNO3S2/c12-8-1-3-10(4-2-8)16-11(17)13-9-5-6-18(14,15)7-9/h1-4,9H,5-7H2,(H,13,17). The van der Waals surface area contributed by atoms with Gasteiger partial charge in [-0.1, -0.05) is 15.9 Å². The van der Waals surface area contributed by atoms with Crippen LogP contribution in [0.4, 0.5) is 0 Å². The molecule has 1 aliphatic rings. The van der Waals surface area contributed by atoms with Crippen molar-refractivity contribution >= 4 is 43.2 Å². The van der Waals surface area contributed by atoms with Crippen LogP contribution in [0, 0.1) is 0 Å². The Labute approximate surface area is 120 Å². The summed E-state index contributed by atoms with van der Waals surface area (Å²) in [6, 6.07) is 7.11. The van der Waals surface area contributed by atoms with E-state index in [1.54, 1.807) is 12.1 Å². The maximum Gasteiger partial charge on any atom is 0.262 e. The van der Waals surface area contributed by atoms with Crippen molar-refractivity contribution in [3.8, 4) is 5.75 Å². The third-order valence-corrected chi connectivity index (χ3v) is 5.08. The van der Waals surface area contributed by atoms with Crippen molar-refractivity contribution in [2.24, 2.45) is 0 Å². The van der Waals surface area contributed by atoms with E-state index in [1.807, 2.05) is 12.1 Å². The van der Waals surface area contributed by atoms with Gasteiger partial charge in [0.1, 0.15) is 5.75 Å². The maximum atomic E-state index is 11.3. The number of halogens is 1. The van der Waals surface area contributed by atoms with Crippen molar-refractivity contribution in [3.63, 3.8) is 0 Å². The number of sulfone groups is 1. The number of nitrogens with one attached hydrogen (secondary N) is 1. The molecule has 1 saturated heterocycles. The fraction of sp³-hybridized carbons (Fsp3) is 0.364. The largest absolute Gasteiger partial charge is 0.432 e. The second kappa shape index (κ2) is 5.54. The molecule has 2 rings (SSSR count). The number of hydrogen-bond acceptors (Lipinski definition) is 4. The Morgan fingerprint density at radius 2 is 2.06 bits per heavy atom. The Morgan fingerprint density at radius 3 is 2.61 bits per heavy atom. The number of hydrogen-bond donors (Lipinski definition) is 1. The van der Waals surface area contributed by atoms with Crippen LogP contribution < -0.4 is 10.1 Å². The fourth-order valence-electron chi connectivity index (χ4n) is 1.71. The van der Waals surface area contributed by atoms with Crippen molar-refractivity contribution in [1.29, 1.82) is 0 Å². The highest BCUT2D eigenvalue weighted by Crippen LogP contribution is 2.17. The van der Waals surface area contributed by atoms with Crippen molar-refractivity contribution in [1.82, 2.24) is 5.32 Å². The third kappa shape index (κ3) is 3.93. The summed E-state index contributed by atoms with van der Waals surface area (Å²) >= 11 is 8.36. The van der Waals surface area contributed by atoms with Crippen LogP contribution in [0.3, 0.4) is 0 Å². The van der Waals surface area contributed by atoms with Gasteiger partial charge in [-0.2, -0.15) is 0 Å². The summed E-state index contributed by atoms with van der Waals surface area (Å²) < 4.78 is 28.9. The van der Waals surface area contributed by atoms with Crippen LogP contribution in [0.2, 0.25) is 0 Å². The van der Waals surface area contributed by atoms with Gasteiger partial charge in [0.2, 0.25) is 0 Å². The number of thiocarbonyl (C=S) groups is 1. The minimum absolute atomic E-state index is 0.122. The molecule has 0 radical (unpaired) electrons. The molecule has 4 nitrogen and oxygen atoms in total. The van der Waals surface area contributed by atoms with E-state index < -0.39 is 9.84 Å². The van der Waals surface area contributed by atoms with Gasteiger partial charge in [0.15, 0.2) is 9.84 Å². The summed E-state index contributed by atoms with van der Waals surface area (Å²) in [6.07, 6.45) is 0.576. The lowest BCUT2D eigenvalue weighted by atomic mass is 10.3. The fourth-order valence-corrected chi connectivity index (χ4v) is 3.92. The summed E-state index contributed by atoms with van der Waals surface area (Å²) in [5.74, 6) is 0.958. The summed E-state index contributed by atoms with van der Waals surface area (Å²) in [5, 5.41) is 3.12. The monoisotopic (exact) mass is 349 g/mol. The predicted molar refractivity (Wildman–Crippen MR) is 77.6 cm³/mol. The molecule has 0 aliphatic carbocycles. The first-order valence-electron chi connectivity index (χ1n) is 5.39. The van der Waals surface area contributed by atoms with Gasteiger partial charge in [-0.3, -0.25) is 0 Å². The molecule has 0 saturated carbocycles. The average Bonchev–Trinajstić information content (AvgIpc) is 2.61. The smallest absolute Gasteiger partial charge is 0.262 e. The zero-order valence-corrected chi connectivity index (χ0v) is 12.6. The highest BCUT2D eigenvalue weighted by molar-refractivity contribution is 9.10. The molecule has 0 amide bonds. The molecule has 1 aromatic rings. The molecule has 0 aromatic heterocycles. The van der Waals surface area contributed by atoms with E-state index in [-0.39, 0.29) is 22.7 Å². The minimum Gasteiger partial charge on any atom is -0.432 e. The molecule has 1 aliphatic heterocycles. The molecule has 1 aromatic carbocycles. The first kappa shape index (κ1) is 13.8. The molecule has 1 heterocycles. The molecule has 18 heavy (non-hydrogen) atoms. The van der Waals surface area contributed by atoms with Gasteiger partial charge >= 0.3 is 0 Å². The topological polar surface area (TPSA) is 55.4 Å². The van der Waals surface area contributed by atoms with E-state index in [2.05, 4.69) is 21.2 Å². The SMILES string of the molecule is O=S1(=O)CCC(NC(=S)Oc2ccc(Br)cc2)C1. The van der Waals surface area contributed by atoms with Gasteiger partial charge < -0.3 is 10.1 Å². The van der Waals surface area contributed by atoms with Crippen LogP contribution in [-0.4, -0.2) is 31.1 Å². The van der Waals surface area contributed by atoms with E-state index in [1.165, 1.54) is 0 Å². The Morgan fingerprint density at radius 1 is 1.39 bits per heavy atom. The maximum absolute atomic E-state index is 11.3. The number of ether oxygens (including phenoxy) is 1. The second-order valence-electron chi connectivity index (χ2n) is 4.09. The van der Waals surface area contributed by atoms with E-state index in [0.29, 0.717) is 12.2 Å². The van der Waals surface area contributed by atoms with Gasteiger partial charge in [0.25, 0.3) is 5.17 Å². The van der Waals surface area contributed by atoms with Crippen molar-refractivity contribution < 1.29 is 13.2 Å². The third-order valence-electron chi connectivity index (χ3n) is 2.58. The molecule has 1 unspecified atom stereocenters. The van der Waals surface area contributed by atoms with Crippen molar-refractivity contribution in [2.45, 2.75) is 12.5 Å². The normalized spacial score (nSPS) is 21.5. The first-order valence-corrected chi connectivity index (χ1v) is 8.41. The molecular weight excluding hydrogens is 338 g/mol. The van der Waals surface area contributed by atoms with E-state index >= 15 is 0 Å². The highest BCUT2D eigenvalue weighted by atomic mass is 79.9. The van der Waals surface area contributed by atoms with Gasteiger partial charge in [-0.25, -0.2) is 8.42 Å². The summed E-state index contributed by atoms with van der Waals surface area (Å²) in [4.78, 5) is 0. The van der Waals surface area contributed by atoms with E-state index in [9.17, 15) is 8.42 Å². The Kier molecular flexibility index (Phi) is 4.24. The van der Waals surface area contributed by atoms with E-state index in [0.717, 1.165) is 4.47 Å².